The summed E-state index contributed by atoms with van der Waals surface area (Å²) in [6.07, 6.45) is 2.60. The highest BCUT2D eigenvalue weighted by Crippen LogP contribution is 2.26. The van der Waals surface area contributed by atoms with Gasteiger partial charge in [-0.05, 0) is 28.5 Å². The summed E-state index contributed by atoms with van der Waals surface area (Å²) in [5, 5.41) is 14.5. The molecule has 0 aliphatic heterocycles. The second-order valence-electron chi connectivity index (χ2n) is 5.64. The largest absolute Gasteiger partial charge is 0.377 e. The topological polar surface area (TPSA) is 81.7 Å². The molecule has 2 heterocycles. The number of hydrogen-bond donors (Lipinski definition) is 1. The Bertz CT molecular complexity index is 876. The van der Waals surface area contributed by atoms with E-state index in [0.717, 1.165) is 17.5 Å². The van der Waals surface area contributed by atoms with Gasteiger partial charge in [-0.25, -0.2) is 0 Å². The third-order valence-corrected chi connectivity index (χ3v) is 3.85. The van der Waals surface area contributed by atoms with Crippen molar-refractivity contribution in [2.24, 2.45) is 0 Å². The van der Waals surface area contributed by atoms with E-state index in [1.54, 1.807) is 24.4 Å². The van der Waals surface area contributed by atoms with E-state index in [2.05, 4.69) is 17.2 Å². The second-order valence-corrected chi connectivity index (χ2v) is 5.64. The van der Waals surface area contributed by atoms with Crippen molar-refractivity contribution < 1.29 is 9.66 Å². The van der Waals surface area contributed by atoms with Gasteiger partial charge < -0.3 is 20.2 Å². The molecule has 1 N–H and O–H groups in total. The van der Waals surface area contributed by atoms with Gasteiger partial charge >= 0.3 is 5.82 Å². The van der Waals surface area contributed by atoms with Crippen LogP contribution in [0.1, 0.15) is 24.5 Å². The van der Waals surface area contributed by atoms with Gasteiger partial charge in [0.15, 0.2) is 0 Å². The van der Waals surface area contributed by atoms with Gasteiger partial charge in [0, 0.05) is 19.2 Å². The second kappa shape index (κ2) is 7.76. The maximum absolute atomic E-state index is 11.4. The fourth-order valence-electron chi connectivity index (χ4n) is 2.65. The van der Waals surface area contributed by atoms with Crippen molar-refractivity contribution in [2.45, 2.75) is 26.5 Å². The quantitative estimate of drug-likeness (QED) is 0.383. The van der Waals surface area contributed by atoms with Gasteiger partial charge in [-0.3, -0.25) is 0 Å². The van der Waals surface area contributed by atoms with Gasteiger partial charge in [0.05, 0.1) is 12.8 Å². The molecule has 0 bridgehead atoms. The Balaban J connectivity index is 1.81. The summed E-state index contributed by atoms with van der Waals surface area (Å²) in [5.41, 5.74) is 2.64. The molecule has 3 aromatic rings. The highest BCUT2D eigenvalue weighted by molar-refractivity contribution is 5.62. The molecule has 0 atom stereocenters. The minimum absolute atomic E-state index is 0.0599. The van der Waals surface area contributed by atoms with E-state index < -0.39 is 4.92 Å². The molecule has 25 heavy (non-hydrogen) atoms. The number of aromatic nitrogens is 2. The van der Waals surface area contributed by atoms with E-state index in [4.69, 9.17) is 4.74 Å². The Labute approximate surface area is 145 Å². The Morgan fingerprint density at radius 1 is 1.20 bits per heavy atom. The first kappa shape index (κ1) is 16.9. The Hall–Kier alpha value is -2.93. The third-order valence-electron chi connectivity index (χ3n) is 3.85. The standard InChI is InChI=1S/C18H20N4O3/c1-2-11-25-13-15-8-4-3-7-14(15)12-19-17-18(22(23)24)21-10-6-5-9-16(21)20-17/h3-10,19H,2,11-13H2,1H3. The molecule has 0 aliphatic carbocycles. The first-order chi connectivity index (χ1) is 12.2. The fourth-order valence-corrected chi connectivity index (χ4v) is 2.65. The summed E-state index contributed by atoms with van der Waals surface area (Å²) < 4.78 is 7.09. The Kier molecular flexibility index (Phi) is 5.25. The molecular formula is C18H20N4O3. The number of nitrogens with zero attached hydrogens (tertiary/aromatic N) is 3. The first-order valence-corrected chi connectivity index (χ1v) is 8.20. The van der Waals surface area contributed by atoms with E-state index in [-0.39, 0.29) is 11.6 Å². The van der Waals surface area contributed by atoms with Crippen molar-refractivity contribution in [1.82, 2.24) is 9.38 Å². The number of fused-ring (bicyclic) bond motifs is 1. The van der Waals surface area contributed by atoms with Crippen LogP contribution in [0.4, 0.5) is 11.6 Å². The summed E-state index contributed by atoms with van der Waals surface area (Å²) in [7, 11) is 0. The lowest BCUT2D eigenvalue weighted by atomic mass is 10.1. The van der Waals surface area contributed by atoms with Crippen molar-refractivity contribution in [2.75, 3.05) is 11.9 Å². The van der Waals surface area contributed by atoms with E-state index in [9.17, 15) is 10.1 Å². The number of hydrogen-bond acceptors (Lipinski definition) is 5. The molecule has 2 aromatic heterocycles. The van der Waals surface area contributed by atoms with Gasteiger partial charge in [-0.2, -0.15) is 9.38 Å². The van der Waals surface area contributed by atoms with Crippen LogP contribution in [0, 0.1) is 10.1 Å². The number of ether oxygens (including phenoxy) is 1. The molecule has 0 aliphatic rings. The number of rotatable bonds is 8. The van der Waals surface area contributed by atoms with E-state index in [1.165, 1.54) is 4.40 Å². The Morgan fingerprint density at radius 3 is 2.72 bits per heavy atom. The molecule has 0 unspecified atom stereocenters. The van der Waals surface area contributed by atoms with Crippen LogP contribution in [0.15, 0.2) is 48.7 Å². The van der Waals surface area contributed by atoms with Crippen LogP contribution in [-0.2, 0) is 17.9 Å². The molecule has 0 spiro atoms. The minimum Gasteiger partial charge on any atom is -0.377 e. The molecule has 7 heteroatoms. The number of nitrogens with one attached hydrogen (secondary N) is 1. The SMILES string of the molecule is CCCOCc1ccccc1CNc1nc2ccccn2c1[N+](=O)[O-]. The van der Waals surface area contributed by atoms with Gasteiger partial charge in [0.1, 0.15) is 0 Å². The van der Waals surface area contributed by atoms with Crippen molar-refractivity contribution in [1.29, 1.82) is 0 Å². The predicted molar refractivity (Wildman–Crippen MR) is 95.6 cm³/mol. The van der Waals surface area contributed by atoms with Crippen LogP contribution in [-0.4, -0.2) is 20.9 Å². The summed E-state index contributed by atoms with van der Waals surface area (Å²) in [6.45, 7) is 3.74. The minimum atomic E-state index is -0.418. The normalized spacial score (nSPS) is 10.9. The van der Waals surface area contributed by atoms with Gasteiger partial charge in [-0.1, -0.05) is 37.3 Å². The molecule has 0 amide bonds. The lowest BCUT2D eigenvalue weighted by Crippen LogP contribution is -2.06. The molecule has 1 aromatic carbocycles. The zero-order valence-corrected chi connectivity index (χ0v) is 14.0. The summed E-state index contributed by atoms with van der Waals surface area (Å²) in [6, 6.07) is 13.2. The fraction of sp³-hybridized carbons (Fsp3) is 0.278. The highest BCUT2D eigenvalue weighted by atomic mass is 16.6. The molecule has 0 fully saturated rings. The molecule has 0 saturated heterocycles. The summed E-state index contributed by atoms with van der Waals surface area (Å²) >= 11 is 0. The average Bonchev–Trinajstić information content (AvgIpc) is 2.99. The molecule has 3 rings (SSSR count). The maximum atomic E-state index is 11.4. The molecule has 0 saturated carbocycles. The number of benzene rings is 1. The monoisotopic (exact) mass is 340 g/mol. The van der Waals surface area contributed by atoms with Crippen LogP contribution < -0.4 is 5.32 Å². The van der Waals surface area contributed by atoms with E-state index >= 15 is 0 Å². The molecule has 0 radical (unpaired) electrons. The smallest absolute Gasteiger partial charge is 0.372 e. The van der Waals surface area contributed by atoms with Crippen molar-refractivity contribution in [3.8, 4) is 0 Å². The van der Waals surface area contributed by atoms with Gasteiger partial charge in [-0.15, -0.1) is 0 Å². The average molecular weight is 340 g/mol. The molecule has 130 valence electrons. The van der Waals surface area contributed by atoms with Crippen LogP contribution >= 0.6 is 0 Å². The van der Waals surface area contributed by atoms with Crippen LogP contribution in [0.5, 0.6) is 0 Å². The lowest BCUT2D eigenvalue weighted by Gasteiger charge is -2.10. The van der Waals surface area contributed by atoms with E-state index in [0.29, 0.717) is 25.4 Å². The maximum Gasteiger partial charge on any atom is 0.372 e. The highest BCUT2D eigenvalue weighted by Gasteiger charge is 2.22. The van der Waals surface area contributed by atoms with Crippen LogP contribution in [0.25, 0.3) is 5.65 Å². The van der Waals surface area contributed by atoms with E-state index in [1.807, 2.05) is 24.3 Å². The molecular weight excluding hydrogens is 320 g/mol. The number of nitro groups is 1. The van der Waals surface area contributed by atoms with Crippen LogP contribution in [0.3, 0.4) is 0 Å². The van der Waals surface area contributed by atoms with Crippen LogP contribution in [0.2, 0.25) is 0 Å². The number of anilines is 1. The number of imidazole rings is 1. The lowest BCUT2D eigenvalue weighted by molar-refractivity contribution is -0.389. The molecule has 7 nitrogen and oxygen atoms in total. The summed E-state index contributed by atoms with van der Waals surface area (Å²) in [5.74, 6) is 0.204. The number of pyridine rings is 1. The first-order valence-electron chi connectivity index (χ1n) is 8.20. The predicted octanol–water partition coefficient (Wildman–Crippen LogP) is 3.78. The third kappa shape index (κ3) is 3.77. The summed E-state index contributed by atoms with van der Waals surface area (Å²) in [4.78, 5) is 15.3. The van der Waals surface area contributed by atoms with Crippen molar-refractivity contribution >= 4 is 17.3 Å². The van der Waals surface area contributed by atoms with Crippen molar-refractivity contribution in [3.05, 3.63) is 69.9 Å². The zero-order chi connectivity index (χ0) is 17.6. The van der Waals surface area contributed by atoms with Gasteiger partial charge in [0.2, 0.25) is 11.5 Å². The van der Waals surface area contributed by atoms with Gasteiger partial charge in [0.25, 0.3) is 0 Å². The Morgan fingerprint density at radius 2 is 1.96 bits per heavy atom. The van der Waals surface area contributed by atoms with Crippen molar-refractivity contribution in [3.63, 3.8) is 0 Å². The zero-order valence-electron chi connectivity index (χ0n) is 14.0.